The lowest BCUT2D eigenvalue weighted by atomic mass is 10.2. The molecule has 0 aliphatic carbocycles. The van der Waals surface area contributed by atoms with E-state index in [0.29, 0.717) is 48.6 Å². The van der Waals surface area contributed by atoms with Crippen molar-refractivity contribution in [2.24, 2.45) is 10.7 Å². The Bertz CT molecular complexity index is 1010. The molecule has 0 bridgehead atoms. The van der Waals surface area contributed by atoms with E-state index in [0.717, 1.165) is 5.56 Å². The van der Waals surface area contributed by atoms with Crippen LogP contribution in [0, 0.1) is 5.82 Å². The van der Waals surface area contributed by atoms with E-state index < -0.39 is 0 Å². The third-order valence-electron chi connectivity index (χ3n) is 4.09. The number of nitrogens with zero attached hydrogens (tertiary/aromatic N) is 2. The van der Waals surface area contributed by atoms with Crippen LogP contribution < -0.4 is 25.3 Å². The maximum atomic E-state index is 13.0. The van der Waals surface area contributed by atoms with E-state index in [9.17, 15) is 4.39 Å². The average molecular weight is 424 g/mol. The standard InChI is InChI=1S/C23H25FN4O3/c1-3-29-19-10-11-21(30-4-2)20(13-19)28-23(25)27-15-16-5-12-22(26-14-16)31-18-8-6-17(24)7-9-18/h5-14H,3-4,15H2,1-2H3,(H3,25,27,28). The zero-order chi connectivity index (χ0) is 22.1. The second-order valence-corrected chi connectivity index (χ2v) is 6.41. The van der Waals surface area contributed by atoms with Crippen molar-refractivity contribution in [3.8, 4) is 23.1 Å². The van der Waals surface area contributed by atoms with Crippen LogP contribution in [-0.4, -0.2) is 24.2 Å². The molecule has 0 spiro atoms. The van der Waals surface area contributed by atoms with Gasteiger partial charge < -0.3 is 25.3 Å². The molecule has 0 saturated carbocycles. The summed E-state index contributed by atoms with van der Waals surface area (Å²) in [6, 6.07) is 14.8. The quantitative estimate of drug-likeness (QED) is 0.381. The Morgan fingerprint density at radius 2 is 1.74 bits per heavy atom. The van der Waals surface area contributed by atoms with Crippen LogP contribution in [0.4, 0.5) is 10.1 Å². The molecule has 3 rings (SSSR count). The number of guanidine groups is 1. The highest BCUT2D eigenvalue weighted by atomic mass is 19.1. The summed E-state index contributed by atoms with van der Waals surface area (Å²) in [4.78, 5) is 8.60. The van der Waals surface area contributed by atoms with Gasteiger partial charge in [-0.25, -0.2) is 14.4 Å². The second kappa shape index (κ2) is 10.8. The Labute approximate surface area is 180 Å². The van der Waals surface area contributed by atoms with E-state index in [1.165, 1.54) is 12.1 Å². The van der Waals surface area contributed by atoms with Crippen molar-refractivity contribution in [1.82, 2.24) is 4.98 Å². The van der Waals surface area contributed by atoms with Gasteiger partial charge in [-0.05, 0) is 55.8 Å². The molecule has 31 heavy (non-hydrogen) atoms. The van der Waals surface area contributed by atoms with Crippen molar-refractivity contribution in [1.29, 1.82) is 0 Å². The third-order valence-corrected chi connectivity index (χ3v) is 4.09. The largest absolute Gasteiger partial charge is 0.494 e. The number of hydrogen-bond acceptors (Lipinski definition) is 5. The van der Waals surface area contributed by atoms with Crippen molar-refractivity contribution in [2.45, 2.75) is 20.4 Å². The smallest absolute Gasteiger partial charge is 0.219 e. The Balaban J connectivity index is 1.62. The van der Waals surface area contributed by atoms with Crippen LogP contribution in [0.5, 0.6) is 23.1 Å². The molecular weight excluding hydrogens is 399 g/mol. The number of hydrogen-bond donors (Lipinski definition) is 2. The SMILES string of the molecule is CCOc1ccc(OCC)c(NC(N)=NCc2ccc(Oc3ccc(F)cc3)nc2)c1. The molecule has 8 heteroatoms. The first kappa shape index (κ1) is 21.9. The molecule has 162 valence electrons. The molecule has 0 saturated heterocycles. The highest BCUT2D eigenvalue weighted by Crippen LogP contribution is 2.29. The Hall–Kier alpha value is -3.81. The number of aromatic nitrogens is 1. The fraction of sp³-hybridized carbons (Fsp3) is 0.217. The number of anilines is 1. The predicted molar refractivity (Wildman–Crippen MR) is 118 cm³/mol. The van der Waals surface area contributed by atoms with Gasteiger partial charge in [-0.1, -0.05) is 6.07 Å². The summed E-state index contributed by atoms with van der Waals surface area (Å²) in [6.45, 7) is 5.25. The molecule has 0 fully saturated rings. The zero-order valence-electron chi connectivity index (χ0n) is 17.5. The minimum absolute atomic E-state index is 0.237. The summed E-state index contributed by atoms with van der Waals surface area (Å²) in [7, 11) is 0. The van der Waals surface area contributed by atoms with Crippen molar-refractivity contribution in [3.05, 3.63) is 72.2 Å². The summed E-state index contributed by atoms with van der Waals surface area (Å²) in [6.07, 6.45) is 1.65. The monoisotopic (exact) mass is 424 g/mol. The van der Waals surface area contributed by atoms with Gasteiger partial charge in [0.2, 0.25) is 5.88 Å². The Morgan fingerprint density at radius 3 is 2.42 bits per heavy atom. The topological polar surface area (TPSA) is 91.0 Å². The lowest BCUT2D eigenvalue weighted by molar-refractivity contribution is 0.332. The fourth-order valence-electron chi connectivity index (χ4n) is 2.69. The van der Waals surface area contributed by atoms with E-state index in [1.807, 2.05) is 38.1 Å². The van der Waals surface area contributed by atoms with Crippen LogP contribution in [0.25, 0.3) is 0 Å². The van der Waals surface area contributed by atoms with Crippen LogP contribution in [0.3, 0.4) is 0 Å². The van der Waals surface area contributed by atoms with Gasteiger partial charge in [-0.2, -0.15) is 0 Å². The number of rotatable bonds is 9. The van der Waals surface area contributed by atoms with Crippen LogP contribution in [0.1, 0.15) is 19.4 Å². The summed E-state index contributed by atoms with van der Waals surface area (Å²) in [5, 5.41) is 3.06. The lowest BCUT2D eigenvalue weighted by Gasteiger charge is -2.14. The molecule has 3 N–H and O–H groups in total. The van der Waals surface area contributed by atoms with Gasteiger partial charge in [0.05, 0.1) is 25.4 Å². The average Bonchev–Trinajstić information content (AvgIpc) is 2.77. The molecule has 0 aliphatic rings. The van der Waals surface area contributed by atoms with Crippen LogP contribution >= 0.6 is 0 Å². The van der Waals surface area contributed by atoms with Crippen LogP contribution in [0.15, 0.2) is 65.8 Å². The van der Waals surface area contributed by atoms with E-state index in [4.69, 9.17) is 19.9 Å². The number of benzene rings is 2. The third kappa shape index (κ3) is 6.60. The number of nitrogens with two attached hydrogens (primary N) is 1. The molecule has 0 aliphatic heterocycles. The van der Waals surface area contributed by atoms with Crippen molar-refractivity contribution in [3.63, 3.8) is 0 Å². The van der Waals surface area contributed by atoms with E-state index in [1.54, 1.807) is 24.4 Å². The first-order valence-corrected chi connectivity index (χ1v) is 9.92. The number of nitrogens with one attached hydrogen (secondary N) is 1. The minimum atomic E-state index is -0.322. The van der Waals surface area contributed by atoms with Gasteiger partial charge in [-0.3, -0.25) is 0 Å². The number of ether oxygens (including phenoxy) is 3. The Kier molecular flexibility index (Phi) is 7.64. The summed E-state index contributed by atoms with van der Waals surface area (Å²) >= 11 is 0. The van der Waals surface area contributed by atoms with Gasteiger partial charge in [0.15, 0.2) is 5.96 Å². The maximum Gasteiger partial charge on any atom is 0.219 e. The molecule has 0 radical (unpaired) electrons. The van der Waals surface area contributed by atoms with Gasteiger partial charge in [-0.15, -0.1) is 0 Å². The summed E-state index contributed by atoms with van der Waals surface area (Å²) in [5.41, 5.74) is 7.58. The highest BCUT2D eigenvalue weighted by Gasteiger charge is 2.07. The molecule has 0 amide bonds. The first-order chi connectivity index (χ1) is 15.1. The van der Waals surface area contributed by atoms with Crippen molar-refractivity contribution < 1.29 is 18.6 Å². The molecule has 1 heterocycles. The minimum Gasteiger partial charge on any atom is -0.494 e. The molecule has 7 nitrogen and oxygen atoms in total. The van der Waals surface area contributed by atoms with E-state index in [2.05, 4.69) is 15.3 Å². The normalized spacial score (nSPS) is 11.1. The Morgan fingerprint density at radius 1 is 1.00 bits per heavy atom. The van der Waals surface area contributed by atoms with Gasteiger partial charge in [0.1, 0.15) is 23.1 Å². The van der Waals surface area contributed by atoms with Crippen LogP contribution in [0.2, 0.25) is 0 Å². The van der Waals surface area contributed by atoms with E-state index >= 15 is 0 Å². The van der Waals surface area contributed by atoms with E-state index in [-0.39, 0.29) is 11.8 Å². The molecule has 0 atom stereocenters. The molecule has 2 aromatic carbocycles. The summed E-state index contributed by atoms with van der Waals surface area (Å²) < 4.78 is 29.7. The number of pyridine rings is 1. The fourth-order valence-corrected chi connectivity index (χ4v) is 2.69. The molecule has 0 unspecified atom stereocenters. The van der Waals surface area contributed by atoms with Crippen molar-refractivity contribution >= 4 is 11.6 Å². The van der Waals surface area contributed by atoms with Crippen LogP contribution in [-0.2, 0) is 6.54 Å². The first-order valence-electron chi connectivity index (χ1n) is 9.92. The highest BCUT2D eigenvalue weighted by molar-refractivity contribution is 5.94. The second-order valence-electron chi connectivity index (χ2n) is 6.41. The predicted octanol–water partition coefficient (Wildman–Crippen LogP) is 4.74. The molecular formula is C23H25FN4O3. The van der Waals surface area contributed by atoms with Crippen molar-refractivity contribution in [2.75, 3.05) is 18.5 Å². The maximum absolute atomic E-state index is 13.0. The van der Waals surface area contributed by atoms with Gasteiger partial charge >= 0.3 is 0 Å². The summed E-state index contributed by atoms with van der Waals surface area (Å²) in [5.74, 6) is 2.20. The zero-order valence-corrected chi connectivity index (χ0v) is 17.5. The van der Waals surface area contributed by atoms with Gasteiger partial charge in [0, 0.05) is 18.3 Å². The lowest BCUT2D eigenvalue weighted by Crippen LogP contribution is -2.23. The number of halogens is 1. The molecule has 1 aromatic heterocycles. The van der Waals surface area contributed by atoms with Gasteiger partial charge in [0.25, 0.3) is 0 Å². The molecule has 3 aromatic rings. The number of aliphatic imine (C=N–C) groups is 1.